The maximum Gasteiger partial charge on any atom is 0.337 e. The summed E-state index contributed by atoms with van der Waals surface area (Å²) >= 11 is 0. The largest absolute Gasteiger partial charge is 0.481 e. The molecule has 16 nitrogen and oxygen atoms in total. The van der Waals surface area contributed by atoms with Gasteiger partial charge in [-0.3, -0.25) is 24.0 Å². The van der Waals surface area contributed by atoms with E-state index in [1.807, 2.05) is 36.5 Å². The Morgan fingerprint density at radius 2 is 1.69 bits per heavy atom. The van der Waals surface area contributed by atoms with Gasteiger partial charge >= 0.3 is 17.9 Å². The summed E-state index contributed by atoms with van der Waals surface area (Å²) in [6.07, 6.45) is 6.42. The molecule has 0 aliphatic rings. The number of terminal acetylenes is 1. The number of fused-ring (bicyclic) bond motifs is 2. The Balaban J connectivity index is 0.000000574. The Morgan fingerprint density at radius 3 is 2.33 bits per heavy atom. The fraction of sp³-hybridized carbons (Fsp3) is 0.256. The lowest BCUT2D eigenvalue weighted by molar-refractivity contribution is -0.156. The fourth-order valence-corrected chi connectivity index (χ4v) is 5.84. The van der Waals surface area contributed by atoms with Crippen molar-refractivity contribution in [3.63, 3.8) is 0 Å². The second kappa shape index (κ2) is 18.2. The summed E-state index contributed by atoms with van der Waals surface area (Å²) in [5.74, 6) is -3.44. The molecular formula is C39H39N7O9. The molecule has 0 saturated heterocycles. The number of para-hydroxylation sites is 1. The van der Waals surface area contributed by atoms with Crippen molar-refractivity contribution in [3.05, 3.63) is 107 Å². The standard InChI is InChI=1S/C31H33N5O9.C8H6N2/c1-4-15-36(17-19-5-11-24-22(16-19)27(40)34-18(2)33-24)21-8-6-20(7-9-21)28(41)35(3)31(30(44)45,14-13-26(38)39)25(37)12-10-23(32)29(42)43;1-2-4-8-7(3-1)5-9-6-10-8/h1,5-9,11,16,23H,10,12-15,17,32H2,2-3H3,(H,38,39)(H,42,43)(H,44,45)(H,33,34,40);1-6H/t23-,31+;/m0./s1. The number of likely N-dealkylation sites (N-methyl/N-ethyl adjacent to an activating group) is 1. The number of H-pyrrole nitrogens is 1. The lowest BCUT2D eigenvalue weighted by atomic mass is 9.83. The predicted molar refractivity (Wildman–Crippen MR) is 202 cm³/mol. The highest BCUT2D eigenvalue weighted by molar-refractivity contribution is 6.12. The number of rotatable bonds is 15. The van der Waals surface area contributed by atoms with Crippen molar-refractivity contribution in [2.75, 3.05) is 18.5 Å². The molecule has 0 aliphatic heterocycles. The molecule has 2 atom stereocenters. The van der Waals surface area contributed by atoms with Gasteiger partial charge in [-0.2, -0.15) is 0 Å². The Morgan fingerprint density at radius 1 is 0.982 bits per heavy atom. The van der Waals surface area contributed by atoms with Crippen LogP contribution in [0.15, 0.2) is 84.0 Å². The van der Waals surface area contributed by atoms with E-state index >= 15 is 0 Å². The highest BCUT2D eigenvalue weighted by Gasteiger charge is 2.51. The topological polar surface area (TPSA) is 250 Å². The third-order valence-corrected chi connectivity index (χ3v) is 8.83. The van der Waals surface area contributed by atoms with Crippen LogP contribution >= 0.6 is 0 Å². The second-order valence-electron chi connectivity index (χ2n) is 12.5. The van der Waals surface area contributed by atoms with Gasteiger partial charge in [-0.15, -0.1) is 6.42 Å². The minimum Gasteiger partial charge on any atom is -0.481 e. The maximum absolute atomic E-state index is 13.5. The summed E-state index contributed by atoms with van der Waals surface area (Å²) in [6, 6.07) is 17.7. The summed E-state index contributed by atoms with van der Waals surface area (Å²) in [6.45, 7) is 2.15. The van der Waals surface area contributed by atoms with E-state index in [1.54, 1.807) is 42.4 Å². The number of Topliss-reactive ketones (excluding diaryl/α,β-unsaturated/α-hetero) is 1. The van der Waals surface area contributed by atoms with Gasteiger partial charge in [0.1, 0.15) is 18.2 Å². The summed E-state index contributed by atoms with van der Waals surface area (Å²) in [7, 11) is 1.07. The number of carbonyl (C=O) groups is 5. The number of ketones is 1. The van der Waals surface area contributed by atoms with Crippen molar-refractivity contribution in [2.24, 2.45) is 5.73 Å². The van der Waals surface area contributed by atoms with Crippen LogP contribution in [0.5, 0.6) is 0 Å². The molecule has 0 aliphatic carbocycles. The van der Waals surface area contributed by atoms with Gasteiger partial charge in [0, 0.05) is 49.3 Å². The van der Waals surface area contributed by atoms with Gasteiger partial charge in [-0.1, -0.05) is 30.2 Å². The number of carboxylic acids is 3. The predicted octanol–water partition coefficient (Wildman–Crippen LogP) is 3.02. The molecule has 0 unspecified atom stereocenters. The molecule has 0 bridgehead atoms. The molecule has 5 rings (SSSR count). The highest BCUT2D eigenvalue weighted by Crippen LogP contribution is 2.28. The Kier molecular flexibility index (Phi) is 13.5. The lowest BCUT2D eigenvalue weighted by Gasteiger charge is -2.37. The zero-order valence-corrected chi connectivity index (χ0v) is 30.0. The van der Waals surface area contributed by atoms with Crippen LogP contribution in [-0.4, -0.2) is 94.9 Å². The summed E-state index contributed by atoms with van der Waals surface area (Å²) in [4.78, 5) is 91.6. The quantitative estimate of drug-likeness (QED) is 0.0763. The highest BCUT2D eigenvalue weighted by atomic mass is 16.4. The van der Waals surface area contributed by atoms with E-state index in [0.717, 1.165) is 23.5 Å². The van der Waals surface area contributed by atoms with Crippen LogP contribution in [0.25, 0.3) is 21.8 Å². The minimum absolute atomic E-state index is 0.00317. The third-order valence-electron chi connectivity index (χ3n) is 8.83. The molecule has 1 amide bonds. The number of carbonyl (C=O) groups excluding carboxylic acids is 2. The molecule has 5 aromatic rings. The van der Waals surface area contributed by atoms with E-state index in [1.165, 1.54) is 12.1 Å². The minimum atomic E-state index is -2.59. The number of nitrogens with one attached hydrogen (secondary N) is 1. The molecule has 0 spiro atoms. The maximum atomic E-state index is 13.5. The number of aryl methyl sites for hydroxylation is 1. The Hall–Kier alpha value is -6.99. The zero-order chi connectivity index (χ0) is 40.3. The molecule has 0 saturated carbocycles. The molecule has 16 heteroatoms. The fourth-order valence-electron chi connectivity index (χ4n) is 5.84. The number of anilines is 1. The zero-order valence-electron chi connectivity index (χ0n) is 30.0. The smallest absolute Gasteiger partial charge is 0.337 e. The van der Waals surface area contributed by atoms with Gasteiger partial charge in [0.2, 0.25) is 0 Å². The van der Waals surface area contributed by atoms with Crippen LogP contribution in [0.3, 0.4) is 0 Å². The molecule has 2 aromatic heterocycles. The number of carboxylic acid groups (broad SMARTS) is 3. The molecule has 0 radical (unpaired) electrons. The first-order valence-corrected chi connectivity index (χ1v) is 16.9. The third kappa shape index (κ3) is 9.91. The van der Waals surface area contributed by atoms with Gasteiger partial charge in [0.05, 0.1) is 23.0 Å². The lowest BCUT2D eigenvalue weighted by Crippen LogP contribution is -2.61. The molecule has 0 fully saturated rings. The van der Waals surface area contributed by atoms with Gasteiger partial charge < -0.3 is 35.8 Å². The van der Waals surface area contributed by atoms with Crippen LogP contribution in [0.4, 0.5) is 5.69 Å². The van der Waals surface area contributed by atoms with Crippen LogP contribution in [0.1, 0.15) is 47.4 Å². The average Bonchev–Trinajstić information content (AvgIpc) is 3.16. The van der Waals surface area contributed by atoms with Crippen molar-refractivity contribution in [1.29, 1.82) is 0 Å². The van der Waals surface area contributed by atoms with Gasteiger partial charge in [0.25, 0.3) is 11.5 Å². The monoisotopic (exact) mass is 749 g/mol. The van der Waals surface area contributed by atoms with E-state index in [2.05, 4.69) is 25.9 Å². The Labute approximate surface area is 314 Å². The number of aliphatic carboxylic acids is 3. The van der Waals surface area contributed by atoms with E-state index in [0.29, 0.717) is 33.9 Å². The van der Waals surface area contributed by atoms with Crippen LogP contribution in [0.2, 0.25) is 0 Å². The van der Waals surface area contributed by atoms with Crippen molar-refractivity contribution in [3.8, 4) is 12.3 Å². The van der Waals surface area contributed by atoms with Crippen LogP contribution < -0.4 is 16.2 Å². The Bertz CT molecular complexity index is 2260. The molecule has 2 heterocycles. The molecule has 284 valence electrons. The second-order valence-corrected chi connectivity index (χ2v) is 12.5. The van der Waals surface area contributed by atoms with Gasteiger partial charge in [-0.25, -0.2) is 19.7 Å². The number of amides is 1. The van der Waals surface area contributed by atoms with E-state index in [4.69, 9.17) is 17.3 Å². The number of hydrogen-bond acceptors (Lipinski definition) is 11. The molecule has 55 heavy (non-hydrogen) atoms. The van der Waals surface area contributed by atoms with Crippen molar-refractivity contribution >= 4 is 57.1 Å². The number of hydrogen-bond donors (Lipinski definition) is 5. The summed E-state index contributed by atoms with van der Waals surface area (Å²) < 4.78 is 0. The van der Waals surface area contributed by atoms with Crippen molar-refractivity contribution in [1.82, 2.24) is 24.8 Å². The van der Waals surface area contributed by atoms with Gasteiger partial charge in [-0.05, 0) is 67.8 Å². The first kappa shape index (κ1) is 40.8. The number of nitrogens with two attached hydrogens (primary N) is 1. The van der Waals surface area contributed by atoms with Gasteiger partial charge in [0.15, 0.2) is 11.3 Å². The normalized spacial score (nSPS) is 12.3. The molecule has 6 N–H and O–H groups in total. The van der Waals surface area contributed by atoms with Crippen molar-refractivity contribution < 1.29 is 39.3 Å². The number of nitrogens with zero attached hydrogens (tertiary/aromatic N) is 5. The molecule has 3 aromatic carbocycles. The van der Waals surface area contributed by atoms with E-state index in [-0.39, 0.29) is 17.7 Å². The number of benzene rings is 3. The SMILES string of the molecule is C#CCN(Cc1ccc2nc(C)[nH]c(=O)c2c1)c1ccc(C(=O)N(C)[C@@](CCC(=O)O)(C(=O)O)C(=O)CC[C@H](N)C(=O)O)cc1.c1ccc2ncncc2c1. The first-order valence-electron chi connectivity index (χ1n) is 16.9. The van der Waals surface area contributed by atoms with Crippen molar-refractivity contribution in [2.45, 2.75) is 50.7 Å². The first-order chi connectivity index (χ1) is 26.2. The molecular weight excluding hydrogens is 710 g/mol. The van der Waals surface area contributed by atoms with E-state index < -0.39 is 66.9 Å². The summed E-state index contributed by atoms with van der Waals surface area (Å²) in [5, 5.41) is 29.9. The van der Waals surface area contributed by atoms with Crippen LogP contribution in [0, 0.1) is 19.3 Å². The average molecular weight is 750 g/mol. The van der Waals surface area contributed by atoms with E-state index in [9.17, 15) is 39.0 Å². The number of aromatic amines is 1. The summed E-state index contributed by atoms with van der Waals surface area (Å²) in [5.41, 5.74) is 5.49. The van der Waals surface area contributed by atoms with Crippen LogP contribution in [-0.2, 0) is 25.7 Å². The number of aromatic nitrogens is 4.